The van der Waals surface area contributed by atoms with Crippen LogP contribution in [0, 0.1) is 0 Å². The van der Waals surface area contributed by atoms with Gasteiger partial charge in [0.1, 0.15) is 0 Å². The molecule has 90 valence electrons. The number of carboxylic acid groups (broad SMARTS) is 1. The van der Waals surface area contributed by atoms with E-state index in [0.29, 0.717) is 6.42 Å². The number of aliphatic carboxylic acids is 1. The van der Waals surface area contributed by atoms with Crippen LogP contribution in [-0.4, -0.2) is 30.8 Å². The first-order valence-corrected chi connectivity index (χ1v) is 6.63. The molecule has 0 fully saturated rings. The molecular formula is C9H19NO4S. The number of hydrogen-bond donors (Lipinski definition) is 2. The van der Waals surface area contributed by atoms with Crippen LogP contribution in [0.5, 0.6) is 0 Å². The molecule has 2 N–H and O–H groups in total. The van der Waals surface area contributed by atoms with E-state index in [-0.39, 0.29) is 6.04 Å². The first-order chi connectivity index (χ1) is 6.85. The fourth-order valence-electron chi connectivity index (χ4n) is 1.16. The van der Waals surface area contributed by atoms with E-state index in [1.807, 2.05) is 13.8 Å². The predicted molar refractivity (Wildman–Crippen MR) is 58.1 cm³/mol. The molecule has 0 rings (SSSR count). The average molecular weight is 237 g/mol. The largest absolute Gasteiger partial charge is 0.480 e. The van der Waals surface area contributed by atoms with Crippen molar-refractivity contribution in [1.29, 1.82) is 0 Å². The summed E-state index contributed by atoms with van der Waals surface area (Å²) < 4.78 is 25.5. The van der Waals surface area contributed by atoms with Crippen LogP contribution in [0.25, 0.3) is 0 Å². The van der Waals surface area contributed by atoms with Crippen LogP contribution in [0.15, 0.2) is 0 Å². The molecule has 0 aromatic carbocycles. The van der Waals surface area contributed by atoms with Gasteiger partial charge in [0.25, 0.3) is 0 Å². The topological polar surface area (TPSA) is 83.5 Å². The highest BCUT2D eigenvalue weighted by Gasteiger charge is 2.29. The van der Waals surface area contributed by atoms with Gasteiger partial charge in [0.05, 0.1) is 0 Å². The molecular weight excluding hydrogens is 218 g/mol. The number of hydrogen-bond acceptors (Lipinski definition) is 3. The third-order valence-electron chi connectivity index (χ3n) is 2.27. The Morgan fingerprint density at radius 1 is 1.40 bits per heavy atom. The van der Waals surface area contributed by atoms with Crippen molar-refractivity contribution in [3.8, 4) is 0 Å². The van der Waals surface area contributed by atoms with Gasteiger partial charge in [-0.1, -0.05) is 20.3 Å². The van der Waals surface area contributed by atoms with E-state index in [2.05, 4.69) is 4.72 Å². The summed E-state index contributed by atoms with van der Waals surface area (Å²) in [6, 6.07) is -0.165. The van der Waals surface area contributed by atoms with E-state index in [1.54, 1.807) is 0 Å². The Balaban J connectivity index is 4.55. The summed E-state index contributed by atoms with van der Waals surface area (Å²) in [5.41, 5.74) is 0. The van der Waals surface area contributed by atoms with Crippen molar-refractivity contribution in [3.05, 3.63) is 0 Å². The lowest BCUT2D eigenvalue weighted by atomic mass is 10.1. The number of nitrogens with one attached hydrogen (secondary N) is 1. The molecule has 2 atom stereocenters. The lowest BCUT2D eigenvalue weighted by molar-refractivity contribution is -0.136. The minimum Gasteiger partial charge on any atom is -0.480 e. The second kappa shape index (κ2) is 6.07. The molecule has 0 saturated carbocycles. The molecule has 0 saturated heterocycles. The number of carboxylic acids is 1. The van der Waals surface area contributed by atoms with Crippen LogP contribution < -0.4 is 4.72 Å². The summed E-state index contributed by atoms with van der Waals surface area (Å²) in [4.78, 5) is 10.6. The Morgan fingerprint density at radius 3 is 2.27 bits per heavy atom. The van der Waals surface area contributed by atoms with Gasteiger partial charge in [-0.3, -0.25) is 4.79 Å². The minimum absolute atomic E-state index is 0.165. The molecule has 5 nitrogen and oxygen atoms in total. The van der Waals surface area contributed by atoms with Crippen molar-refractivity contribution in [3.63, 3.8) is 0 Å². The number of sulfonamides is 1. The van der Waals surface area contributed by atoms with Crippen LogP contribution in [-0.2, 0) is 14.8 Å². The molecule has 6 heteroatoms. The zero-order chi connectivity index (χ0) is 12.1. The van der Waals surface area contributed by atoms with Crippen molar-refractivity contribution in [2.24, 2.45) is 0 Å². The van der Waals surface area contributed by atoms with Gasteiger partial charge < -0.3 is 5.11 Å². The average Bonchev–Trinajstić information content (AvgIpc) is 2.15. The zero-order valence-electron chi connectivity index (χ0n) is 9.36. The predicted octanol–water partition coefficient (Wildman–Crippen LogP) is 0.958. The molecule has 0 aliphatic carbocycles. The Kier molecular flexibility index (Phi) is 5.82. The van der Waals surface area contributed by atoms with Crippen LogP contribution >= 0.6 is 0 Å². The molecule has 0 bridgehead atoms. The normalized spacial score (nSPS) is 15.9. The summed E-state index contributed by atoms with van der Waals surface area (Å²) >= 11 is 0. The third-order valence-corrected chi connectivity index (χ3v) is 4.07. The Hall–Kier alpha value is -0.620. The summed E-state index contributed by atoms with van der Waals surface area (Å²) in [5.74, 6) is -1.33. The second-order valence-electron chi connectivity index (χ2n) is 3.54. The molecule has 0 spiro atoms. The van der Waals surface area contributed by atoms with Gasteiger partial charge in [-0.25, -0.2) is 13.1 Å². The van der Waals surface area contributed by atoms with Crippen molar-refractivity contribution < 1.29 is 18.3 Å². The highest BCUT2D eigenvalue weighted by atomic mass is 32.2. The second-order valence-corrected chi connectivity index (χ2v) is 5.57. The van der Waals surface area contributed by atoms with E-state index in [9.17, 15) is 13.2 Å². The maximum absolute atomic E-state index is 11.5. The van der Waals surface area contributed by atoms with Crippen LogP contribution in [0.4, 0.5) is 0 Å². The summed E-state index contributed by atoms with van der Waals surface area (Å²) in [6.07, 6.45) is 2.25. The molecule has 0 radical (unpaired) electrons. The van der Waals surface area contributed by atoms with Gasteiger partial charge in [-0.2, -0.15) is 0 Å². The summed E-state index contributed by atoms with van der Waals surface area (Å²) in [6.45, 7) is 5.00. The van der Waals surface area contributed by atoms with Crippen LogP contribution in [0.3, 0.4) is 0 Å². The Morgan fingerprint density at radius 2 is 1.93 bits per heavy atom. The van der Waals surface area contributed by atoms with Crippen molar-refractivity contribution in [2.45, 2.75) is 51.3 Å². The van der Waals surface area contributed by atoms with Gasteiger partial charge in [0.2, 0.25) is 10.0 Å². The van der Waals surface area contributed by atoms with Crippen molar-refractivity contribution >= 4 is 16.0 Å². The van der Waals surface area contributed by atoms with E-state index in [0.717, 1.165) is 12.8 Å². The van der Waals surface area contributed by atoms with Crippen molar-refractivity contribution in [1.82, 2.24) is 4.72 Å². The summed E-state index contributed by atoms with van der Waals surface area (Å²) in [5, 5.41) is 7.21. The first kappa shape index (κ1) is 14.4. The molecule has 0 heterocycles. The van der Waals surface area contributed by atoms with Crippen LogP contribution in [0.2, 0.25) is 0 Å². The minimum atomic E-state index is -3.74. The Bertz CT molecular complexity index is 299. The monoisotopic (exact) mass is 237 g/mol. The van der Waals surface area contributed by atoms with Gasteiger partial charge in [0, 0.05) is 6.04 Å². The highest BCUT2D eigenvalue weighted by molar-refractivity contribution is 7.90. The van der Waals surface area contributed by atoms with Gasteiger partial charge >= 0.3 is 5.97 Å². The van der Waals surface area contributed by atoms with E-state index in [1.165, 1.54) is 6.92 Å². The van der Waals surface area contributed by atoms with Gasteiger partial charge in [-0.15, -0.1) is 0 Å². The third kappa shape index (κ3) is 4.61. The van der Waals surface area contributed by atoms with Crippen molar-refractivity contribution in [2.75, 3.05) is 0 Å². The standard InChI is InChI=1S/C9H19NO4S/c1-4-6-8(5-2)10-15(13,14)7(3)9(11)12/h7-8,10H,4-6H2,1-3H3,(H,11,12). The van der Waals surface area contributed by atoms with Gasteiger partial charge in [0.15, 0.2) is 5.25 Å². The van der Waals surface area contributed by atoms with E-state index < -0.39 is 21.2 Å². The number of carbonyl (C=O) groups is 1. The maximum Gasteiger partial charge on any atom is 0.323 e. The lowest BCUT2D eigenvalue weighted by Crippen LogP contribution is -2.42. The summed E-state index contributed by atoms with van der Waals surface area (Å²) in [7, 11) is -3.74. The quantitative estimate of drug-likeness (QED) is 0.690. The molecule has 2 unspecified atom stereocenters. The highest BCUT2D eigenvalue weighted by Crippen LogP contribution is 2.06. The molecule has 0 aliphatic heterocycles. The molecule has 0 aromatic rings. The SMILES string of the molecule is CCCC(CC)NS(=O)(=O)C(C)C(=O)O. The van der Waals surface area contributed by atoms with Gasteiger partial charge in [-0.05, 0) is 19.8 Å². The lowest BCUT2D eigenvalue weighted by Gasteiger charge is -2.17. The fraction of sp³-hybridized carbons (Fsp3) is 0.889. The van der Waals surface area contributed by atoms with Crippen LogP contribution in [0.1, 0.15) is 40.0 Å². The smallest absolute Gasteiger partial charge is 0.323 e. The van der Waals surface area contributed by atoms with E-state index >= 15 is 0 Å². The first-order valence-electron chi connectivity index (χ1n) is 5.09. The maximum atomic E-state index is 11.5. The molecule has 0 aliphatic rings. The molecule has 0 aromatic heterocycles. The molecule has 0 amide bonds. The zero-order valence-corrected chi connectivity index (χ0v) is 10.2. The Labute approximate surface area is 90.9 Å². The number of rotatable bonds is 7. The van der Waals surface area contributed by atoms with E-state index in [4.69, 9.17) is 5.11 Å². The molecule has 15 heavy (non-hydrogen) atoms. The fourth-order valence-corrected chi connectivity index (χ4v) is 2.38.